The molecule has 3 aromatic heterocycles. The summed E-state index contributed by atoms with van der Waals surface area (Å²) in [5.41, 5.74) is 7.08. The van der Waals surface area contributed by atoms with Gasteiger partial charge < -0.3 is 24.4 Å². The Labute approximate surface area is 283 Å². The number of piperazine rings is 1. The van der Waals surface area contributed by atoms with Gasteiger partial charge in [-0.1, -0.05) is 60.5 Å². The number of rotatable bonds is 8. The minimum Gasteiger partial charge on any atom is -0.497 e. The third-order valence-corrected chi connectivity index (χ3v) is 8.64. The zero-order valence-electron chi connectivity index (χ0n) is 27.3. The monoisotopic (exact) mass is 653 g/mol. The number of hydrogen-bond acceptors (Lipinski definition) is 7. The molecule has 1 aliphatic heterocycles. The van der Waals surface area contributed by atoms with Crippen molar-refractivity contribution in [3.8, 4) is 34.5 Å². The Balaban J connectivity index is 1.32. The molecule has 0 saturated carbocycles. The highest BCUT2D eigenvalue weighted by molar-refractivity contribution is 6.01. The summed E-state index contributed by atoms with van der Waals surface area (Å²) in [6.07, 6.45) is 4.66. The summed E-state index contributed by atoms with van der Waals surface area (Å²) in [5, 5.41) is 20.1. The third kappa shape index (κ3) is 6.75. The highest BCUT2D eigenvalue weighted by atomic mass is 16.5. The van der Waals surface area contributed by atoms with Crippen LogP contribution in [0.1, 0.15) is 22.4 Å². The topological polar surface area (TPSA) is 111 Å². The van der Waals surface area contributed by atoms with Crippen molar-refractivity contribution in [3.05, 3.63) is 120 Å². The van der Waals surface area contributed by atoms with Crippen LogP contribution < -0.4 is 14.4 Å². The van der Waals surface area contributed by atoms with Crippen LogP contribution in [0.25, 0.3) is 22.2 Å². The molecule has 49 heavy (non-hydrogen) atoms. The van der Waals surface area contributed by atoms with Crippen LogP contribution >= 0.6 is 0 Å². The largest absolute Gasteiger partial charge is 0.497 e. The first-order valence-electron chi connectivity index (χ1n) is 16.0. The number of hydrogen-bond donors (Lipinski definition) is 1. The number of amides is 1. The van der Waals surface area contributed by atoms with Crippen molar-refractivity contribution in [2.45, 2.75) is 13.1 Å². The summed E-state index contributed by atoms with van der Waals surface area (Å²) in [7, 11) is 3.30. The molecule has 246 valence electrons. The predicted octanol–water partition coefficient (Wildman–Crippen LogP) is 5.61. The van der Waals surface area contributed by atoms with Gasteiger partial charge in [0.05, 0.1) is 50.1 Å². The van der Waals surface area contributed by atoms with Crippen molar-refractivity contribution < 1.29 is 19.4 Å². The molecule has 0 bridgehead atoms. The van der Waals surface area contributed by atoms with Gasteiger partial charge >= 0.3 is 6.09 Å². The second-order valence-corrected chi connectivity index (χ2v) is 11.7. The Kier molecular flexibility index (Phi) is 8.84. The molecule has 11 nitrogen and oxygen atoms in total. The van der Waals surface area contributed by atoms with Gasteiger partial charge in [0, 0.05) is 44.1 Å². The lowest BCUT2D eigenvalue weighted by molar-refractivity contribution is 0.142. The van der Waals surface area contributed by atoms with Crippen LogP contribution in [0.5, 0.6) is 11.5 Å². The first kappa shape index (κ1) is 31.3. The van der Waals surface area contributed by atoms with E-state index in [-0.39, 0.29) is 0 Å². The molecule has 0 unspecified atom stereocenters. The van der Waals surface area contributed by atoms with E-state index in [4.69, 9.17) is 19.6 Å². The Morgan fingerprint density at radius 3 is 2.10 bits per heavy atom. The smallest absolute Gasteiger partial charge is 0.407 e. The van der Waals surface area contributed by atoms with Crippen molar-refractivity contribution in [2.75, 3.05) is 45.3 Å². The van der Waals surface area contributed by atoms with Crippen LogP contribution in [0.4, 0.5) is 10.5 Å². The molecule has 3 aromatic carbocycles. The van der Waals surface area contributed by atoms with Gasteiger partial charge in [0.2, 0.25) is 0 Å². The molecule has 6 aromatic rings. The maximum atomic E-state index is 11.8. The van der Waals surface area contributed by atoms with E-state index in [1.807, 2.05) is 88.5 Å². The van der Waals surface area contributed by atoms with Gasteiger partial charge in [-0.15, -0.1) is 0 Å². The third-order valence-electron chi connectivity index (χ3n) is 8.64. The zero-order valence-corrected chi connectivity index (χ0v) is 27.3. The molecule has 0 aliphatic carbocycles. The van der Waals surface area contributed by atoms with Gasteiger partial charge in [0.1, 0.15) is 17.2 Å². The number of fused-ring (bicyclic) bond motifs is 1. The fourth-order valence-corrected chi connectivity index (χ4v) is 6.07. The van der Waals surface area contributed by atoms with Crippen LogP contribution in [0.3, 0.4) is 0 Å². The molecule has 1 aliphatic rings. The Bertz CT molecular complexity index is 2140. The number of carbonyl (C=O) groups is 1. The van der Waals surface area contributed by atoms with Crippen LogP contribution in [-0.2, 0) is 13.1 Å². The molecule has 11 heteroatoms. The molecular formula is C38H35N7O4. The molecule has 0 spiro atoms. The normalized spacial score (nSPS) is 12.9. The highest BCUT2D eigenvalue weighted by Gasteiger charge is 2.27. The lowest BCUT2D eigenvalue weighted by Crippen LogP contribution is -2.48. The molecule has 1 fully saturated rings. The van der Waals surface area contributed by atoms with Crippen LogP contribution in [0.15, 0.2) is 97.5 Å². The summed E-state index contributed by atoms with van der Waals surface area (Å²) in [6.45, 7) is 2.91. The van der Waals surface area contributed by atoms with E-state index in [1.165, 1.54) is 4.90 Å². The van der Waals surface area contributed by atoms with E-state index in [2.05, 4.69) is 34.0 Å². The predicted molar refractivity (Wildman–Crippen MR) is 187 cm³/mol. The fourth-order valence-electron chi connectivity index (χ4n) is 6.07. The van der Waals surface area contributed by atoms with E-state index in [0.717, 1.165) is 50.4 Å². The van der Waals surface area contributed by atoms with Crippen LogP contribution in [0, 0.1) is 11.8 Å². The lowest BCUT2D eigenvalue weighted by Gasteiger charge is -2.36. The number of anilines is 1. The molecule has 4 heterocycles. The van der Waals surface area contributed by atoms with Gasteiger partial charge in [-0.05, 0) is 46.9 Å². The first-order chi connectivity index (χ1) is 24.0. The van der Waals surface area contributed by atoms with Crippen molar-refractivity contribution in [1.29, 1.82) is 0 Å². The molecule has 1 saturated heterocycles. The van der Waals surface area contributed by atoms with Gasteiger partial charge in [0.15, 0.2) is 5.65 Å². The Morgan fingerprint density at radius 2 is 1.47 bits per heavy atom. The highest BCUT2D eigenvalue weighted by Crippen LogP contribution is 2.39. The lowest BCUT2D eigenvalue weighted by atomic mass is 10.0. The standard InChI is InChI=1S/C38H35N7O4/c1-48-31-13-8-27(9-14-31)24-44-25-29(22-40-44)12-17-34-35-36(42-18-20-43(21-19-42)38(46)47)33(30-6-4-3-5-7-30)23-39-37(35)45(41-34)26-28-10-15-32(49-2)16-11-28/h3-11,13-16,22-23,25H,18-21,24,26H2,1-2H3,(H,46,47). The number of nitrogens with zero attached hydrogens (tertiary/aromatic N) is 7. The summed E-state index contributed by atoms with van der Waals surface area (Å²) in [5.74, 6) is 8.25. The fraction of sp³-hybridized carbons (Fsp3) is 0.211. The number of aromatic nitrogens is 5. The van der Waals surface area contributed by atoms with Crippen molar-refractivity contribution >= 4 is 22.8 Å². The molecule has 1 N–H and O–H groups in total. The maximum absolute atomic E-state index is 11.8. The van der Waals surface area contributed by atoms with Gasteiger partial charge in [0.25, 0.3) is 0 Å². The number of carboxylic acid groups (broad SMARTS) is 1. The maximum Gasteiger partial charge on any atom is 0.407 e. The molecule has 7 rings (SSSR count). The zero-order chi connectivity index (χ0) is 33.7. The van der Waals surface area contributed by atoms with Gasteiger partial charge in [-0.3, -0.25) is 4.68 Å². The molecule has 0 atom stereocenters. The van der Waals surface area contributed by atoms with E-state index in [1.54, 1.807) is 20.4 Å². The quantitative estimate of drug-likeness (QED) is 0.211. The number of pyridine rings is 1. The number of methoxy groups -OCH3 is 2. The summed E-state index contributed by atoms with van der Waals surface area (Å²) < 4.78 is 14.4. The summed E-state index contributed by atoms with van der Waals surface area (Å²) in [6, 6.07) is 25.9. The van der Waals surface area contributed by atoms with E-state index < -0.39 is 6.09 Å². The van der Waals surface area contributed by atoms with E-state index in [9.17, 15) is 9.90 Å². The van der Waals surface area contributed by atoms with E-state index >= 15 is 0 Å². The summed E-state index contributed by atoms with van der Waals surface area (Å²) >= 11 is 0. The number of ether oxygens (including phenoxy) is 2. The van der Waals surface area contributed by atoms with Crippen molar-refractivity contribution in [2.24, 2.45) is 0 Å². The van der Waals surface area contributed by atoms with E-state index in [0.29, 0.717) is 50.6 Å². The van der Waals surface area contributed by atoms with Crippen LogP contribution in [-0.4, -0.2) is 81.0 Å². The second-order valence-electron chi connectivity index (χ2n) is 11.7. The van der Waals surface area contributed by atoms with Crippen molar-refractivity contribution in [1.82, 2.24) is 29.4 Å². The Morgan fingerprint density at radius 1 is 0.816 bits per heavy atom. The Hall–Kier alpha value is -6.28. The minimum atomic E-state index is -0.908. The minimum absolute atomic E-state index is 0.391. The van der Waals surface area contributed by atoms with Crippen LogP contribution in [0.2, 0.25) is 0 Å². The molecule has 1 amide bonds. The summed E-state index contributed by atoms with van der Waals surface area (Å²) in [4.78, 5) is 20.4. The number of benzene rings is 3. The van der Waals surface area contributed by atoms with Gasteiger partial charge in [-0.25, -0.2) is 14.5 Å². The molecule has 0 radical (unpaired) electrons. The second kappa shape index (κ2) is 13.8. The van der Waals surface area contributed by atoms with Crippen molar-refractivity contribution in [3.63, 3.8) is 0 Å². The SMILES string of the molecule is COc1ccc(Cn2cc(C#Cc3nn(Cc4ccc(OC)cc4)c4ncc(-c5ccccc5)c(N5CCN(C(=O)O)CC5)c34)cn2)cc1. The molecular weight excluding hydrogens is 618 g/mol. The average Bonchev–Trinajstić information content (AvgIpc) is 3.75. The van der Waals surface area contributed by atoms with Gasteiger partial charge in [-0.2, -0.15) is 10.2 Å². The first-order valence-corrected chi connectivity index (χ1v) is 16.0. The average molecular weight is 654 g/mol.